The molecule has 25 heavy (non-hydrogen) atoms. The van der Waals surface area contributed by atoms with Gasteiger partial charge in [0.15, 0.2) is 0 Å². The van der Waals surface area contributed by atoms with Crippen LogP contribution in [0.15, 0.2) is 31.1 Å². The molecule has 0 aliphatic carbocycles. The van der Waals surface area contributed by atoms with Gasteiger partial charge in [-0.15, -0.1) is 0 Å². The Hall–Kier alpha value is -3.02. The third kappa shape index (κ3) is 2.17. The molecule has 3 N–H and O–H groups in total. The molecule has 1 aliphatic heterocycles. The Morgan fingerprint density at radius 2 is 2.08 bits per heavy atom. The number of hydrogen-bond donors (Lipinski definition) is 2. The van der Waals surface area contributed by atoms with Crippen LogP contribution >= 0.6 is 0 Å². The number of nitrogens with zero attached hydrogens (tertiary/aromatic N) is 3. The van der Waals surface area contributed by atoms with E-state index in [0.717, 1.165) is 44.9 Å². The van der Waals surface area contributed by atoms with Crippen LogP contribution in [-0.2, 0) is 6.54 Å². The van der Waals surface area contributed by atoms with Crippen molar-refractivity contribution in [3.8, 4) is 16.9 Å². The number of nitrogens with one attached hydrogen (secondary N) is 1. The molecular weight excluding hydrogens is 314 g/mol. The number of benzene rings is 1. The molecule has 0 unspecified atom stereocenters. The Morgan fingerprint density at radius 1 is 1.28 bits per heavy atom. The Balaban J connectivity index is 2.16. The Kier molecular flexibility index (Phi) is 3.42. The molecule has 3 aromatic rings. The van der Waals surface area contributed by atoms with Crippen LogP contribution in [0.4, 0.5) is 5.82 Å². The van der Waals surface area contributed by atoms with Crippen LogP contribution in [0.1, 0.15) is 31.1 Å². The van der Waals surface area contributed by atoms with Crippen molar-refractivity contribution in [2.45, 2.75) is 26.4 Å². The first kappa shape index (κ1) is 15.5. The minimum Gasteiger partial charge on any atom is -0.497 e. The lowest BCUT2D eigenvalue weighted by Crippen LogP contribution is -2.14. The summed E-state index contributed by atoms with van der Waals surface area (Å²) in [6, 6.07) is 6.26. The molecule has 6 heteroatoms. The maximum Gasteiger partial charge on any atom is 0.146 e. The number of ether oxygens (including phenoxy) is 1. The summed E-state index contributed by atoms with van der Waals surface area (Å²) in [7, 11) is 1.66. The zero-order valence-electron chi connectivity index (χ0n) is 14.6. The molecule has 0 atom stereocenters. The largest absolute Gasteiger partial charge is 0.497 e. The summed E-state index contributed by atoms with van der Waals surface area (Å²) in [5.41, 5.74) is 12.3. The van der Waals surface area contributed by atoms with Crippen molar-refractivity contribution in [2.75, 3.05) is 12.8 Å². The topological polar surface area (TPSA) is 78.0 Å². The molecule has 3 heterocycles. The number of methoxy groups -OCH3 is 1. The van der Waals surface area contributed by atoms with E-state index in [1.54, 1.807) is 7.11 Å². The summed E-state index contributed by atoms with van der Waals surface area (Å²) in [5.74, 6) is 1.29. The quantitative estimate of drug-likeness (QED) is 0.751. The zero-order valence-corrected chi connectivity index (χ0v) is 14.6. The Labute approximate surface area is 146 Å². The summed E-state index contributed by atoms with van der Waals surface area (Å²) in [4.78, 5) is 8.75. The van der Waals surface area contributed by atoms with E-state index in [4.69, 9.17) is 10.5 Å². The summed E-state index contributed by atoms with van der Waals surface area (Å²) in [6.45, 7) is 9.14. The van der Waals surface area contributed by atoms with Gasteiger partial charge in [-0.1, -0.05) is 6.58 Å². The fraction of sp³-hybridized carbons (Fsp3) is 0.263. The number of nitrogen functional groups attached to an aromatic ring is 1. The van der Waals surface area contributed by atoms with Gasteiger partial charge in [0.05, 0.1) is 19.0 Å². The number of nitrogens with two attached hydrogens (primary N) is 1. The number of aromatic nitrogens is 3. The normalized spacial score (nSPS) is 13.4. The van der Waals surface area contributed by atoms with Crippen LogP contribution in [0.25, 0.3) is 27.9 Å². The van der Waals surface area contributed by atoms with E-state index in [-0.39, 0.29) is 6.04 Å². The van der Waals surface area contributed by atoms with Crippen molar-refractivity contribution in [2.24, 2.45) is 0 Å². The van der Waals surface area contributed by atoms with E-state index in [1.807, 2.05) is 12.1 Å². The van der Waals surface area contributed by atoms with E-state index in [2.05, 4.69) is 46.3 Å². The van der Waals surface area contributed by atoms with Crippen molar-refractivity contribution in [1.29, 1.82) is 0 Å². The average molecular weight is 335 g/mol. The molecule has 1 aromatic carbocycles. The van der Waals surface area contributed by atoms with Gasteiger partial charge >= 0.3 is 0 Å². The second-order valence-electron chi connectivity index (χ2n) is 6.49. The van der Waals surface area contributed by atoms with Gasteiger partial charge < -0.3 is 20.4 Å². The van der Waals surface area contributed by atoms with Gasteiger partial charge in [-0.25, -0.2) is 9.97 Å². The third-order valence-electron chi connectivity index (χ3n) is 4.72. The highest BCUT2D eigenvalue weighted by atomic mass is 16.5. The average Bonchev–Trinajstić information content (AvgIpc) is 2.87. The van der Waals surface area contributed by atoms with Gasteiger partial charge in [0, 0.05) is 28.6 Å². The van der Waals surface area contributed by atoms with E-state index in [9.17, 15) is 0 Å². The van der Waals surface area contributed by atoms with Gasteiger partial charge in [-0.2, -0.15) is 0 Å². The van der Waals surface area contributed by atoms with Crippen molar-refractivity contribution in [1.82, 2.24) is 19.9 Å². The second-order valence-corrected chi connectivity index (χ2v) is 6.49. The summed E-state index contributed by atoms with van der Waals surface area (Å²) in [6.07, 6.45) is 1.52. The smallest absolute Gasteiger partial charge is 0.146 e. The summed E-state index contributed by atoms with van der Waals surface area (Å²) < 4.78 is 7.61. The second kappa shape index (κ2) is 5.51. The minimum absolute atomic E-state index is 0.246. The van der Waals surface area contributed by atoms with Crippen LogP contribution in [0.5, 0.6) is 5.75 Å². The van der Waals surface area contributed by atoms with Crippen LogP contribution in [0, 0.1) is 0 Å². The molecule has 2 aromatic heterocycles. The van der Waals surface area contributed by atoms with Gasteiger partial charge in [0.25, 0.3) is 0 Å². The van der Waals surface area contributed by atoms with Crippen LogP contribution in [0.2, 0.25) is 0 Å². The first-order chi connectivity index (χ1) is 12.0. The molecule has 0 radical (unpaired) electrons. The van der Waals surface area contributed by atoms with Crippen molar-refractivity contribution in [3.63, 3.8) is 0 Å². The first-order valence-electron chi connectivity index (χ1n) is 8.27. The number of fused-ring (bicyclic) bond motifs is 5. The van der Waals surface area contributed by atoms with Crippen LogP contribution < -0.4 is 15.8 Å². The predicted octanol–water partition coefficient (Wildman–Crippen LogP) is 3.34. The SMILES string of the molecule is C=C1NCc2c(c3c(N)ncnc3n2C(C)C)-c2ccc(OC)cc21. The number of hydrogen-bond acceptors (Lipinski definition) is 5. The van der Waals surface area contributed by atoms with Gasteiger partial charge in [0.2, 0.25) is 0 Å². The Bertz CT molecular complexity index is 1000. The molecule has 1 aliphatic rings. The fourth-order valence-electron chi connectivity index (χ4n) is 3.63. The lowest BCUT2D eigenvalue weighted by atomic mass is 9.97. The number of rotatable bonds is 2. The molecule has 0 spiro atoms. The molecular formula is C19H21N5O. The fourth-order valence-corrected chi connectivity index (χ4v) is 3.63. The van der Waals surface area contributed by atoms with Gasteiger partial charge in [-0.3, -0.25) is 0 Å². The minimum atomic E-state index is 0.246. The van der Waals surface area contributed by atoms with Gasteiger partial charge in [0.1, 0.15) is 23.5 Å². The molecule has 4 rings (SSSR count). The van der Waals surface area contributed by atoms with Crippen LogP contribution in [-0.4, -0.2) is 21.6 Å². The van der Waals surface area contributed by atoms with Crippen molar-refractivity contribution in [3.05, 3.63) is 42.4 Å². The zero-order chi connectivity index (χ0) is 17.7. The van der Waals surface area contributed by atoms with E-state index >= 15 is 0 Å². The molecule has 0 bridgehead atoms. The maximum atomic E-state index is 6.26. The van der Waals surface area contributed by atoms with Crippen molar-refractivity contribution >= 4 is 22.5 Å². The monoisotopic (exact) mass is 335 g/mol. The van der Waals surface area contributed by atoms with E-state index < -0.39 is 0 Å². The first-order valence-corrected chi connectivity index (χ1v) is 8.27. The highest BCUT2D eigenvalue weighted by molar-refractivity contribution is 6.05. The third-order valence-corrected chi connectivity index (χ3v) is 4.72. The summed E-state index contributed by atoms with van der Waals surface area (Å²) in [5, 5.41) is 4.32. The lowest BCUT2D eigenvalue weighted by molar-refractivity contribution is 0.414. The van der Waals surface area contributed by atoms with Gasteiger partial charge in [-0.05, 0) is 37.6 Å². The maximum absolute atomic E-state index is 6.26. The standard InChI is InChI=1S/C19H21N5O/c1-10(2)24-15-8-21-11(3)14-7-12(25-4)5-6-13(14)16(15)17-18(20)22-9-23-19(17)24/h5-7,9-10,21H,3,8H2,1-2,4H3,(H2,20,22,23). The van der Waals surface area contributed by atoms with E-state index in [0.29, 0.717) is 12.4 Å². The molecule has 6 nitrogen and oxygen atoms in total. The molecule has 0 saturated heterocycles. The molecule has 0 saturated carbocycles. The van der Waals surface area contributed by atoms with E-state index in [1.165, 1.54) is 6.33 Å². The Morgan fingerprint density at radius 3 is 2.80 bits per heavy atom. The lowest BCUT2D eigenvalue weighted by Gasteiger charge is -2.14. The summed E-state index contributed by atoms with van der Waals surface area (Å²) >= 11 is 0. The molecule has 0 amide bonds. The predicted molar refractivity (Wildman–Crippen MR) is 100 cm³/mol. The molecule has 128 valence electrons. The number of anilines is 1. The highest BCUT2D eigenvalue weighted by Gasteiger charge is 2.27. The highest BCUT2D eigenvalue weighted by Crippen LogP contribution is 2.43. The molecule has 0 fully saturated rings. The van der Waals surface area contributed by atoms with Crippen LogP contribution in [0.3, 0.4) is 0 Å². The van der Waals surface area contributed by atoms with Crippen molar-refractivity contribution < 1.29 is 4.74 Å².